The normalized spacial score (nSPS) is 14.9. The summed E-state index contributed by atoms with van der Waals surface area (Å²) >= 11 is 0. The van der Waals surface area contributed by atoms with Crippen LogP contribution in [0, 0.1) is 23.2 Å². The van der Waals surface area contributed by atoms with E-state index >= 15 is 0 Å². The summed E-state index contributed by atoms with van der Waals surface area (Å²) in [5.74, 6) is 0.638. The molecule has 0 spiro atoms. The van der Waals surface area contributed by atoms with E-state index in [2.05, 4.69) is 31.7 Å². The molecule has 0 aliphatic heterocycles. The van der Waals surface area contributed by atoms with Gasteiger partial charge in [0.2, 0.25) is 0 Å². The predicted molar refractivity (Wildman–Crippen MR) is 61.7 cm³/mol. The number of hydrogen-bond donors (Lipinski definition) is 0. The third-order valence-corrected chi connectivity index (χ3v) is 2.32. The van der Waals surface area contributed by atoms with E-state index in [1.165, 1.54) is 0 Å². The summed E-state index contributed by atoms with van der Waals surface area (Å²) in [6.07, 6.45) is 10.6. The van der Waals surface area contributed by atoms with E-state index in [0.717, 1.165) is 25.7 Å². The first-order valence-electron chi connectivity index (χ1n) is 5.41. The largest absolute Gasteiger partial charge is 0.198 e. The van der Waals surface area contributed by atoms with Crippen molar-refractivity contribution in [3.8, 4) is 6.07 Å². The smallest absolute Gasteiger partial charge is 0.0653 e. The SMILES string of the molecule is C=CC(CC/C=C\CC)CC(C)C#N. The second-order valence-electron chi connectivity index (χ2n) is 3.72. The van der Waals surface area contributed by atoms with Crippen molar-refractivity contribution < 1.29 is 0 Å². The predicted octanol–water partition coefficient (Wildman–Crippen LogP) is 4.08. The molecule has 0 radical (unpaired) electrons. The fourth-order valence-corrected chi connectivity index (χ4v) is 1.43. The van der Waals surface area contributed by atoms with E-state index < -0.39 is 0 Å². The van der Waals surface area contributed by atoms with Gasteiger partial charge in [0.1, 0.15) is 0 Å². The summed E-state index contributed by atoms with van der Waals surface area (Å²) in [7, 11) is 0. The van der Waals surface area contributed by atoms with Crippen molar-refractivity contribution in [2.75, 3.05) is 0 Å². The number of rotatable bonds is 7. The van der Waals surface area contributed by atoms with E-state index in [4.69, 9.17) is 5.26 Å². The Morgan fingerprint density at radius 2 is 2.14 bits per heavy atom. The molecule has 0 fully saturated rings. The van der Waals surface area contributed by atoms with Gasteiger partial charge in [0, 0.05) is 5.92 Å². The molecule has 0 N–H and O–H groups in total. The van der Waals surface area contributed by atoms with Crippen molar-refractivity contribution in [3.05, 3.63) is 24.8 Å². The van der Waals surface area contributed by atoms with Crippen LogP contribution in [-0.2, 0) is 0 Å². The van der Waals surface area contributed by atoms with Gasteiger partial charge in [-0.25, -0.2) is 0 Å². The van der Waals surface area contributed by atoms with Crippen LogP contribution in [0.3, 0.4) is 0 Å². The molecular weight excluding hydrogens is 170 g/mol. The zero-order valence-corrected chi connectivity index (χ0v) is 9.37. The first-order chi connectivity index (χ1) is 6.74. The minimum atomic E-state index is 0.146. The molecule has 0 aliphatic rings. The summed E-state index contributed by atoms with van der Waals surface area (Å²) in [6, 6.07) is 2.27. The van der Waals surface area contributed by atoms with Crippen molar-refractivity contribution in [2.24, 2.45) is 11.8 Å². The van der Waals surface area contributed by atoms with Gasteiger partial charge in [0.25, 0.3) is 0 Å². The highest BCUT2D eigenvalue weighted by atomic mass is 14.3. The first kappa shape index (κ1) is 13.0. The monoisotopic (exact) mass is 191 g/mol. The van der Waals surface area contributed by atoms with Gasteiger partial charge in [0.05, 0.1) is 6.07 Å². The third kappa shape index (κ3) is 6.48. The van der Waals surface area contributed by atoms with Gasteiger partial charge in [-0.1, -0.05) is 25.2 Å². The number of nitrogens with zero attached hydrogens (tertiary/aromatic N) is 1. The average Bonchev–Trinajstić information content (AvgIpc) is 2.22. The molecule has 0 heterocycles. The molecule has 2 atom stereocenters. The molecule has 1 heteroatoms. The molecular formula is C13H21N. The summed E-state index contributed by atoms with van der Waals surface area (Å²) in [5, 5.41) is 8.69. The van der Waals surface area contributed by atoms with Crippen molar-refractivity contribution >= 4 is 0 Å². The third-order valence-electron chi connectivity index (χ3n) is 2.32. The van der Waals surface area contributed by atoms with Gasteiger partial charge in [-0.05, 0) is 38.5 Å². The second kappa shape index (κ2) is 8.56. The van der Waals surface area contributed by atoms with Crippen LogP contribution in [-0.4, -0.2) is 0 Å². The topological polar surface area (TPSA) is 23.8 Å². The fourth-order valence-electron chi connectivity index (χ4n) is 1.43. The highest BCUT2D eigenvalue weighted by Crippen LogP contribution is 2.18. The van der Waals surface area contributed by atoms with Crippen LogP contribution in [0.15, 0.2) is 24.8 Å². The fraction of sp³-hybridized carbons (Fsp3) is 0.615. The molecule has 0 saturated carbocycles. The summed E-state index contributed by atoms with van der Waals surface area (Å²) < 4.78 is 0. The molecule has 2 unspecified atom stereocenters. The van der Waals surface area contributed by atoms with Gasteiger partial charge in [-0.2, -0.15) is 5.26 Å². The van der Waals surface area contributed by atoms with Crippen molar-refractivity contribution in [2.45, 2.75) is 39.5 Å². The van der Waals surface area contributed by atoms with E-state index in [-0.39, 0.29) is 5.92 Å². The molecule has 0 aromatic carbocycles. The zero-order valence-electron chi connectivity index (χ0n) is 9.37. The van der Waals surface area contributed by atoms with Crippen LogP contribution >= 0.6 is 0 Å². The lowest BCUT2D eigenvalue weighted by Crippen LogP contribution is -2.01. The lowest BCUT2D eigenvalue weighted by atomic mass is 9.93. The Kier molecular flexibility index (Phi) is 7.93. The maximum Gasteiger partial charge on any atom is 0.0653 e. The van der Waals surface area contributed by atoms with E-state index in [1.807, 2.05) is 13.0 Å². The highest BCUT2D eigenvalue weighted by Gasteiger charge is 2.08. The van der Waals surface area contributed by atoms with Gasteiger partial charge in [-0.3, -0.25) is 0 Å². The minimum absolute atomic E-state index is 0.146. The molecule has 0 saturated heterocycles. The van der Waals surface area contributed by atoms with Gasteiger partial charge < -0.3 is 0 Å². The Hall–Kier alpha value is -1.03. The van der Waals surface area contributed by atoms with Crippen LogP contribution < -0.4 is 0 Å². The van der Waals surface area contributed by atoms with E-state index in [9.17, 15) is 0 Å². The van der Waals surface area contributed by atoms with E-state index in [0.29, 0.717) is 5.92 Å². The maximum absolute atomic E-state index is 8.69. The molecule has 0 rings (SSSR count). The van der Waals surface area contributed by atoms with Crippen LogP contribution in [0.4, 0.5) is 0 Å². The number of hydrogen-bond acceptors (Lipinski definition) is 1. The highest BCUT2D eigenvalue weighted by molar-refractivity contribution is 4.89. The summed E-state index contributed by atoms with van der Waals surface area (Å²) in [4.78, 5) is 0. The molecule has 0 aromatic rings. The molecule has 1 nitrogen and oxygen atoms in total. The Morgan fingerprint density at radius 3 is 2.64 bits per heavy atom. The summed E-state index contributed by atoms with van der Waals surface area (Å²) in [5.41, 5.74) is 0. The van der Waals surface area contributed by atoms with Crippen LogP contribution in [0.25, 0.3) is 0 Å². The zero-order chi connectivity index (χ0) is 10.8. The maximum atomic E-state index is 8.69. The van der Waals surface area contributed by atoms with Crippen molar-refractivity contribution in [1.29, 1.82) is 5.26 Å². The molecule has 0 bridgehead atoms. The molecule has 0 aromatic heterocycles. The molecule has 14 heavy (non-hydrogen) atoms. The number of allylic oxidation sites excluding steroid dienone is 3. The quantitative estimate of drug-likeness (QED) is 0.556. The van der Waals surface area contributed by atoms with E-state index in [1.54, 1.807) is 0 Å². The van der Waals surface area contributed by atoms with Crippen LogP contribution in [0.1, 0.15) is 39.5 Å². The van der Waals surface area contributed by atoms with Crippen LogP contribution in [0.5, 0.6) is 0 Å². The Morgan fingerprint density at radius 1 is 1.43 bits per heavy atom. The Bertz CT molecular complexity index is 210. The molecule has 78 valence electrons. The minimum Gasteiger partial charge on any atom is -0.198 e. The lowest BCUT2D eigenvalue weighted by Gasteiger charge is -2.11. The van der Waals surface area contributed by atoms with Crippen molar-refractivity contribution in [3.63, 3.8) is 0 Å². The standard InChI is InChI=1S/C13H21N/c1-4-6-7-8-9-13(5-2)10-12(3)11-14/h5-7,12-13H,2,4,8-10H2,1,3H3/b7-6-. The first-order valence-corrected chi connectivity index (χ1v) is 5.41. The molecule has 0 aliphatic carbocycles. The van der Waals surface area contributed by atoms with Gasteiger partial charge in [-0.15, -0.1) is 6.58 Å². The second-order valence-corrected chi connectivity index (χ2v) is 3.72. The number of nitriles is 1. The van der Waals surface area contributed by atoms with Crippen LogP contribution in [0.2, 0.25) is 0 Å². The van der Waals surface area contributed by atoms with Gasteiger partial charge >= 0.3 is 0 Å². The summed E-state index contributed by atoms with van der Waals surface area (Å²) in [6.45, 7) is 7.92. The lowest BCUT2D eigenvalue weighted by molar-refractivity contribution is 0.490. The average molecular weight is 191 g/mol. The van der Waals surface area contributed by atoms with Gasteiger partial charge in [0.15, 0.2) is 0 Å². The van der Waals surface area contributed by atoms with Crippen molar-refractivity contribution in [1.82, 2.24) is 0 Å². The molecule has 0 amide bonds. The Labute approximate surface area is 88.1 Å². The Balaban J connectivity index is 3.75.